The molecule has 2 nitrogen and oxygen atoms in total. The van der Waals surface area contributed by atoms with Gasteiger partial charge >= 0.3 is 0 Å². The highest BCUT2D eigenvalue weighted by atomic mass is 19.1. The van der Waals surface area contributed by atoms with Crippen molar-refractivity contribution in [1.29, 1.82) is 0 Å². The number of hydrogen-bond donors (Lipinski definition) is 1. The van der Waals surface area contributed by atoms with Gasteiger partial charge in [-0.05, 0) is 19.4 Å². The van der Waals surface area contributed by atoms with Gasteiger partial charge < -0.3 is 10.5 Å². The van der Waals surface area contributed by atoms with Crippen LogP contribution < -0.4 is 10.5 Å². The Morgan fingerprint density at radius 2 is 2.20 bits per heavy atom. The third-order valence-electron chi connectivity index (χ3n) is 2.75. The van der Waals surface area contributed by atoms with Crippen LogP contribution in [0.4, 0.5) is 8.78 Å². The number of nitrogens with two attached hydrogens (primary N) is 1. The van der Waals surface area contributed by atoms with E-state index in [0.717, 1.165) is 6.07 Å². The standard InChI is InChI=1S/C11H13F2NO/c1-6(14)8-2-7-3-9(12)4-10(13)11(7)15-5-8/h3-4,6,8H,2,5,14H2,1H3/t6-,8?/m1/s1. The maximum atomic E-state index is 13.3. The molecule has 0 aromatic heterocycles. The summed E-state index contributed by atoms with van der Waals surface area (Å²) in [7, 11) is 0. The molecule has 0 aliphatic carbocycles. The Kier molecular flexibility index (Phi) is 2.61. The first-order chi connectivity index (χ1) is 7.08. The second-order valence-electron chi connectivity index (χ2n) is 4.01. The Morgan fingerprint density at radius 1 is 1.47 bits per heavy atom. The lowest BCUT2D eigenvalue weighted by Crippen LogP contribution is -2.35. The minimum absolute atomic E-state index is 0.0375. The van der Waals surface area contributed by atoms with Gasteiger partial charge in [-0.15, -0.1) is 0 Å². The molecular formula is C11H13F2NO. The third-order valence-corrected chi connectivity index (χ3v) is 2.75. The Morgan fingerprint density at radius 3 is 2.87 bits per heavy atom. The Balaban J connectivity index is 2.33. The van der Waals surface area contributed by atoms with E-state index in [2.05, 4.69) is 0 Å². The van der Waals surface area contributed by atoms with Crippen molar-refractivity contribution in [1.82, 2.24) is 0 Å². The van der Waals surface area contributed by atoms with Crippen LogP contribution in [0.15, 0.2) is 12.1 Å². The van der Waals surface area contributed by atoms with Crippen LogP contribution in [0.25, 0.3) is 0 Å². The van der Waals surface area contributed by atoms with E-state index in [1.807, 2.05) is 6.92 Å². The molecule has 2 N–H and O–H groups in total. The number of benzene rings is 1. The lowest BCUT2D eigenvalue weighted by molar-refractivity contribution is 0.195. The van der Waals surface area contributed by atoms with Gasteiger partial charge in [0.15, 0.2) is 11.6 Å². The molecule has 1 aromatic rings. The monoisotopic (exact) mass is 213 g/mol. The van der Waals surface area contributed by atoms with Crippen molar-refractivity contribution in [3.8, 4) is 5.75 Å². The summed E-state index contributed by atoms with van der Waals surface area (Å²) >= 11 is 0. The van der Waals surface area contributed by atoms with Crippen molar-refractivity contribution in [3.05, 3.63) is 29.3 Å². The molecule has 0 saturated carbocycles. The van der Waals surface area contributed by atoms with Gasteiger partial charge in [-0.1, -0.05) is 0 Å². The molecular weight excluding hydrogens is 200 g/mol. The van der Waals surface area contributed by atoms with Gasteiger partial charge in [0, 0.05) is 23.6 Å². The molecule has 0 saturated heterocycles. The van der Waals surface area contributed by atoms with Gasteiger partial charge in [0.2, 0.25) is 0 Å². The zero-order valence-electron chi connectivity index (χ0n) is 8.47. The zero-order chi connectivity index (χ0) is 11.0. The van der Waals surface area contributed by atoms with Crippen molar-refractivity contribution in [2.24, 2.45) is 11.7 Å². The van der Waals surface area contributed by atoms with E-state index < -0.39 is 11.6 Å². The highest BCUT2D eigenvalue weighted by Crippen LogP contribution is 2.31. The van der Waals surface area contributed by atoms with Crippen LogP contribution >= 0.6 is 0 Å². The summed E-state index contributed by atoms with van der Waals surface area (Å²) < 4.78 is 31.5. The van der Waals surface area contributed by atoms with Gasteiger partial charge in [-0.3, -0.25) is 0 Å². The molecule has 1 aliphatic heterocycles. The van der Waals surface area contributed by atoms with Crippen LogP contribution in [0.5, 0.6) is 5.75 Å². The first-order valence-corrected chi connectivity index (χ1v) is 4.94. The van der Waals surface area contributed by atoms with Crippen LogP contribution in [-0.4, -0.2) is 12.6 Å². The van der Waals surface area contributed by atoms with Gasteiger partial charge in [0.1, 0.15) is 5.82 Å². The van der Waals surface area contributed by atoms with E-state index in [1.54, 1.807) is 0 Å². The van der Waals surface area contributed by atoms with Crippen LogP contribution in [0.1, 0.15) is 12.5 Å². The summed E-state index contributed by atoms with van der Waals surface area (Å²) in [6, 6.07) is 2.11. The summed E-state index contributed by atoms with van der Waals surface area (Å²) in [4.78, 5) is 0. The summed E-state index contributed by atoms with van der Waals surface area (Å²) in [6.07, 6.45) is 0.571. The normalized spacial score (nSPS) is 21.7. The quantitative estimate of drug-likeness (QED) is 0.772. The molecule has 2 rings (SSSR count). The van der Waals surface area contributed by atoms with E-state index in [1.165, 1.54) is 6.07 Å². The molecule has 1 aromatic carbocycles. The van der Waals surface area contributed by atoms with Crippen LogP contribution in [0.2, 0.25) is 0 Å². The second kappa shape index (κ2) is 3.77. The van der Waals surface area contributed by atoms with Crippen molar-refractivity contribution >= 4 is 0 Å². The maximum Gasteiger partial charge on any atom is 0.168 e. The molecule has 1 heterocycles. The van der Waals surface area contributed by atoms with Crippen molar-refractivity contribution in [3.63, 3.8) is 0 Å². The molecule has 1 aliphatic rings. The SMILES string of the molecule is C[C@@H](N)C1COc2c(F)cc(F)cc2C1. The third kappa shape index (κ3) is 1.95. The molecule has 0 spiro atoms. The first-order valence-electron chi connectivity index (χ1n) is 4.94. The largest absolute Gasteiger partial charge is 0.490 e. The minimum atomic E-state index is -0.631. The van der Waals surface area contributed by atoms with Crippen LogP contribution in [0.3, 0.4) is 0 Å². The summed E-state index contributed by atoms with van der Waals surface area (Å²) in [5.41, 5.74) is 6.30. The Bertz CT molecular complexity index is 379. The fourth-order valence-electron chi connectivity index (χ4n) is 1.80. The van der Waals surface area contributed by atoms with Gasteiger partial charge in [-0.25, -0.2) is 8.78 Å². The highest BCUT2D eigenvalue weighted by Gasteiger charge is 2.25. The van der Waals surface area contributed by atoms with Crippen molar-refractivity contribution in [2.75, 3.05) is 6.61 Å². The number of fused-ring (bicyclic) bond motifs is 1. The van der Waals surface area contributed by atoms with Crippen molar-refractivity contribution in [2.45, 2.75) is 19.4 Å². The average Bonchev–Trinajstić information content (AvgIpc) is 2.16. The molecule has 2 atom stereocenters. The van der Waals surface area contributed by atoms with Crippen molar-refractivity contribution < 1.29 is 13.5 Å². The predicted octanol–water partition coefficient (Wildman–Crippen LogP) is 1.86. The highest BCUT2D eigenvalue weighted by molar-refractivity contribution is 5.37. The molecule has 4 heteroatoms. The predicted molar refractivity (Wildman–Crippen MR) is 52.7 cm³/mol. The molecule has 1 unspecified atom stereocenters. The van der Waals surface area contributed by atoms with Gasteiger partial charge in [-0.2, -0.15) is 0 Å². The molecule has 0 radical (unpaired) electrons. The molecule has 0 amide bonds. The second-order valence-corrected chi connectivity index (χ2v) is 4.01. The van der Waals surface area contributed by atoms with E-state index in [4.69, 9.17) is 10.5 Å². The zero-order valence-corrected chi connectivity index (χ0v) is 8.47. The van der Waals surface area contributed by atoms with Crippen LogP contribution in [-0.2, 0) is 6.42 Å². The number of halogens is 2. The van der Waals surface area contributed by atoms with Gasteiger partial charge in [0.05, 0.1) is 6.61 Å². The summed E-state index contributed by atoms with van der Waals surface area (Å²) in [6.45, 7) is 2.27. The van der Waals surface area contributed by atoms with E-state index >= 15 is 0 Å². The Labute approximate surface area is 87.0 Å². The molecule has 15 heavy (non-hydrogen) atoms. The number of hydrogen-bond acceptors (Lipinski definition) is 2. The number of ether oxygens (including phenoxy) is 1. The van der Waals surface area contributed by atoms with Gasteiger partial charge in [0.25, 0.3) is 0 Å². The average molecular weight is 213 g/mol. The fourth-order valence-corrected chi connectivity index (χ4v) is 1.80. The fraction of sp³-hybridized carbons (Fsp3) is 0.455. The minimum Gasteiger partial charge on any atom is -0.490 e. The van der Waals surface area contributed by atoms with E-state index in [9.17, 15) is 8.78 Å². The summed E-state index contributed by atoms with van der Waals surface area (Å²) in [5.74, 6) is -0.903. The maximum absolute atomic E-state index is 13.3. The first kappa shape index (κ1) is 10.4. The van der Waals surface area contributed by atoms with E-state index in [-0.39, 0.29) is 17.7 Å². The molecule has 0 bridgehead atoms. The van der Waals surface area contributed by atoms with Crippen LogP contribution in [0, 0.1) is 17.6 Å². The lowest BCUT2D eigenvalue weighted by atomic mass is 9.91. The van der Waals surface area contributed by atoms with E-state index in [0.29, 0.717) is 18.6 Å². The topological polar surface area (TPSA) is 35.2 Å². The summed E-state index contributed by atoms with van der Waals surface area (Å²) in [5, 5.41) is 0. The smallest absolute Gasteiger partial charge is 0.168 e. The lowest BCUT2D eigenvalue weighted by Gasteiger charge is -2.27. The molecule has 0 fully saturated rings. The number of rotatable bonds is 1. The Hall–Kier alpha value is -1.16. The molecule has 82 valence electrons.